The van der Waals surface area contributed by atoms with Crippen molar-refractivity contribution >= 4 is 14.2 Å². The third-order valence-electron chi connectivity index (χ3n) is 2.67. The molecule has 0 aromatic carbocycles. The van der Waals surface area contributed by atoms with E-state index in [9.17, 15) is 10.0 Å². The van der Waals surface area contributed by atoms with Gasteiger partial charge in [-0.2, -0.15) is 0 Å². The monoisotopic (exact) mass is 354 g/mol. The van der Waals surface area contributed by atoms with Gasteiger partial charge in [-0.25, -0.2) is 0 Å². The minimum Gasteiger partial charge on any atom is -0.427 e. The summed E-state index contributed by atoms with van der Waals surface area (Å²) in [5, 5.41) is 44.1. The van der Waals surface area contributed by atoms with Crippen molar-refractivity contribution in [3.8, 4) is 0 Å². The lowest BCUT2D eigenvalue weighted by molar-refractivity contribution is -0.0354. The number of aliphatic hydroxyl groups excluding tert-OH is 1. The van der Waals surface area contributed by atoms with E-state index >= 15 is 0 Å². The van der Waals surface area contributed by atoms with Gasteiger partial charge in [0, 0.05) is 12.9 Å². The van der Waals surface area contributed by atoms with Gasteiger partial charge in [-0.15, -0.1) is 0 Å². The zero-order valence-corrected chi connectivity index (χ0v) is 13.8. The zero-order chi connectivity index (χ0) is 18.0. The summed E-state index contributed by atoms with van der Waals surface area (Å²) in [5.74, 6) is 0. The first kappa shape index (κ1) is 23.7. The molecule has 0 rings (SSSR count). The van der Waals surface area contributed by atoms with Crippen molar-refractivity contribution in [1.82, 2.24) is 0 Å². The Labute approximate surface area is 142 Å². The number of hydrogen-bond donors (Lipinski definition) is 5. The SMILES string of the molecule is OCCOCCOCC(OCCOCCOCCB(O)O)B(O)O. The molecule has 0 aromatic rings. The van der Waals surface area contributed by atoms with Crippen LogP contribution in [0.1, 0.15) is 0 Å². The van der Waals surface area contributed by atoms with E-state index in [0.717, 1.165) is 0 Å². The summed E-state index contributed by atoms with van der Waals surface area (Å²) in [7, 11) is -3.04. The number of rotatable bonds is 18. The topological polar surface area (TPSA) is 147 Å². The third-order valence-corrected chi connectivity index (χ3v) is 2.67. The largest absolute Gasteiger partial charge is 0.484 e. The predicted molar refractivity (Wildman–Crippen MR) is 85.3 cm³/mol. The van der Waals surface area contributed by atoms with E-state index < -0.39 is 20.2 Å². The van der Waals surface area contributed by atoms with Crippen LogP contribution in [0.15, 0.2) is 0 Å². The quantitative estimate of drug-likeness (QED) is 0.127. The average molecular weight is 354 g/mol. The first-order chi connectivity index (χ1) is 11.6. The molecule has 0 heterocycles. The third kappa shape index (κ3) is 16.6. The Hall–Kier alpha value is -0.270. The molecule has 12 heteroatoms. The highest BCUT2D eigenvalue weighted by molar-refractivity contribution is 6.42. The molecular weight excluding hydrogens is 326 g/mol. The van der Waals surface area contributed by atoms with Crippen LogP contribution in [-0.4, -0.2) is 112 Å². The van der Waals surface area contributed by atoms with Crippen molar-refractivity contribution in [2.45, 2.75) is 12.3 Å². The molecule has 0 radical (unpaired) electrons. The van der Waals surface area contributed by atoms with E-state index in [1.165, 1.54) is 0 Å². The highest BCUT2D eigenvalue weighted by Gasteiger charge is 2.24. The zero-order valence-electron chi connectivity index (χ0n) is 13.8. The predicted octanol–water partition coefficient (Wildman–Crippen LogP) is -3.08. The lowest BCUT2D eigenvalue weighted by Crippen LogP contribution is -2.38. The molecule has 0 aliphatic rings. The molecule has 0 spiro atoms. The van der Waals surface area contributed by atoms with Gasteiger partial charge in [0.25, 0.3) is 0 Å². The normalized spacial score (nSPS) is 12.4. The molecule has 24 heavy (non-hydrogen) atoms. The van der Waals surface area contributed by atoms with Gasteiger partial charge in [0.05, 0.1) is 59.5 Å². The second-order valence-corrected chi connectivity index (χ2v) is 4.73. The molecule has 10 nitrogen and oxygen atoms in total. The van der Waals surface area contributed by atoms with E-state index in [4.69, 9.17) is 38.8 Å². The molecule has 0 saturated carbocycles. The van der Waals surface area contributed by atoms with Crippen LogP contribution in [0, 0.1) is 0 Å². The van der Waals surface area contributed by atoms with Crippen LogP contribution in [-0.2, 0) is 23.7 Å². The molecule has 0 aliphatic heterocycles. The summed E-state index contributed by atoms with van der Waals surface area (Å²) < 4.78 is 25.7. The van der Waals surface area contributed by atoms with Crippen LogP contribution < -0.4 is 0 Å². The van der Waals surface area contributed by atoms with Crippen LogP contribution >= 0.6 is 0 Å². The highest BCUT2D eigenvalue weighted by atomic mass is 16.6. The van der Waals surface area contributed by atoms with Crippen LogP contribution in [0.25, 0.3) is 0 Å². The second kappa shape index (κ2) is 17.5. The summed E-state index contributed by atoms with van der Waals surface area (Å²) in [4.78, 5) is 0. The van der Waals surface area contributed by atoms with Crippen LogP contribution in [0.5, 0.6) is 0 Å². The maximum Gasteiger partial charge on any atom is 0.484 e. The van der Waals surface area contributed by atoms with Crippen molar-refractivity contribution in [3.63, 3.8) is 0 Å². The van der Waals surface area contributed by atoms with Crippen LogP contribution in [0.3, 0.4) is 0 Å². The van der Waals surface area contributed by atoms with E-state index in [1.54, 1.807) is 0 Å². The van der Waals surface area contributed by atoms with Crippen molar-refractivity contribution < 1.29 is 48.9 Å². The maximum atomic E-state index is 9.18. The fourth-order valence-electron chi connectivity index (χ4n) is 1.47. The van der Waals surface area contributed by atoms with Gasteiger partial charge in [-0.3, -0.25) is 0 Å². The fourth-order valence-corrected chi connectivity index (χ4v) is 1.47. The van der Waals surface area contributed by atoms with Crippen LogP contribution in [0.4, 0.5) is 0 Å². The molecule has 142 valence electrons. The summed E-state index contributed by atoms with van der Waals surface area (Å²) in [6.07, 6.45) is 0.143. The van der Waals surface area contributed by atoms with Crippen molar-refractivity contribution in [3.05, 3.63) is 0 Å². The fraction of sp³-hybridized carbons (Fsp3) is 1.00. The molecule has 0 bridgehead atoms. The molecule has 0 amide bonds. The molecule has 0 fully saturated rings. The highest BCUT2D eigenvalue weighted by Crippen LogP contribution is 1.96. The van der Waals surface area contributed by atoms with Gasteiger partial charge in [-0.1, -0.05) is 0 Å². The molecule has 1 atom stereocenters. The number of aliphatic hydroxyl groups is 1. The maximum absolute atomic E-state index is 9.18. The van der Waals surface area contributed by atoms with Crippen molar-refractivity contribution in [2.24, 2.45) is 0 Å². The Morgan fingerprint density at radius 1 is 0.667 bits per heavy atom. The van der Waals surface area contributed by atoms with Crippen LogP contribution in [0.2, 0.25) is 6.32 Å². The van der Waals surface area contributed by atoms with Gasteiger partial charge in [0.2, 0.25) is 0 Å². The smallest absolute Gasteiger partial charge is 0.427 e. The second-order valence-electron chi connectivity index (χ2n) is 4.73. The molecule has 0 aliphatic carbocycles. The first-order valence-electron chi connectivity index (χ1n) is 7.83. The molecular formula is C12H28B2O10. The molecule has 0 aromatic heterocycles. The van der Waals surface area contributed by atoms with Gasteiger partial charge in [0.15, 0.2) is 0 Å². The van der Waals surface area contributed by atoms with E-state index in [0.29, 0.717) is 19.8 Å². The van der Waals surface area contributed by atoms with Gasteiger partial charge >= 0.3 is 14.2 Å². The van der Waals surface area contributed by atoms with Gasteiger partial charge < -0.3 is 48.9 Å². The minimum absolute atomic E-state index is 0.00719. The Morgan fingerprint density at radius 2 is 1.21 bits per heavy atom. The first-order valence-corrected chi connectivity index (χ1v) is 7.83. The summed E-state index contributed by atoms with van der Waals surface area (Å²) in [6, 6.07) is -0.895. The van der Waals surface area contributed by atoms with E-state index in [2.05, 4.69) is 0 Å². The van der Waals surface area contributed by atoms with E-state index in [1.807, 2.05) is 0 Å². The standard InChI is InChI=1S/C12H28B2O10/c15-2-4-21-7-8-23-11-12(14(18)19)24-10-9-22-6-5-20-3-1-13(16)17/h12,15-19H,1-11H2. The average Bonchev–Trinajstić information content (AvgIpc) is 2.53. The van der Waals surface area contributed by atoms with E-state index in [-0.39, 0.29) is 52.6 Å². The summed E-state index contributed by atoms with van der Waals surface area (Å²) >= 11 is 0. The van der Waals surface area contributed by atoms with Crippen molar-refractivity contribution in [1.29, 1.82) is 0 Å². The number of hydrogen-bond acceptors (Lipinski definition) is 10. The summed E-state index contributed by atoms with van der Waals surface area (Å²) in [6.45, 7) is 1.97. The molecule has 0 saturated heterocycles. The number of ether oxygens (including phenoxy) is 5. The Balaban J connectivity index is 3.47. The molecule has 5 N–H and O–H groups in total. The lowest BCUT2D eigenvalue weighted by atomic mass is 9.83. The summed E-state index contributed by atoms with van der Waals surface area (Å²) in [5.41, 5.74) is 0. The minimum atomic E-state index is -1.67. The Morgan fingerprint density at radius 3 is 1.79 bits per heavy atom. The Kier molecular flexibility index (Phi) is 17.4. The molecule has 1 unspecified atom stereocenters. The lowest BCUT2D eigenvalue weighted by Gasteiger charge is -2.17. The van der Waals surface area contributed by atoms with Gasteiger partial charge in [-0.05, 0) is 0 Å². The Bertz CT molecular complexity index is 260. The van der Waals surface area contributed by atoms with Gasteiger partial charge in [0.1, 0.15) is 6.00 Å². The van der Waals surface area contributed by atoms with Crippen molar-refractivity contribution in [2.75, 3.05) is 66.1 Å².